The van der Waals surface area contributed by atoms with Gasteiger partial charge in [-0.15, -0.1) is 0 Å². The van der Waals surface area contributed by atoms with Crippen LogP contribution in [0, 0.1) is 0 Å². The van der Waals surface area contributed by atoms with Crippen LogP contribution < -0.4 is 10.9 Å². The van der Waals surface area contributed by atoms with E-state index in [2.05, 4.69) is 25.3 Å². The molecule has 0 radical (unpaired) electrons. The summed E-state index contributed by atoms with van der Waals surface area (Å²) in [5.74, 6) is 1.32. The molecule has 0 aliphatic carbocycles. The van der Waals surface area contributed by atoms with E-state index >= 15 is 0 Å². The molecule has 120 valence electrons. The molecular formula is C17H14ClN5O. The smallest absolute Gasteiger partial charge is 0.258 e. The van der Waals surface area contributed by atoms with Gasteiger partial charge >= 0.3 is 0 Å². The van der Waals surface area contributed by atoms with Crippen molar-refractivity contribution in [3.8, 4) is 0 Å². The van der Waals surface area contributed by atoms with Crippen molar-refractivity contribution in [2.75, 3.05) is 11.9 Å². The first kappa shape index (κ1) is 14.7. The lowest BCUT2D eigenvalue weighted by Gasteiger charge is -2.07. The summed E-state index contributed by atoms with van der Waals surface area (Å²) in [5, 5.41) is 5.33. The van der Waals surface area contributed by atoms with Crippen LogP contribution in [0.15, 0.2) is 47.4 Å². The van der Waals surface area contributed by atoms with E-state index < -0.39 is 0 Å². The van der Waals surface area contributed by atoms with Gasteiger partial charge in [0.1, 0.15) is 17.3 Å². The van der Waals surface area contributed by atoms with Gasteiger partial charge in [-0.3, -0.25) is 4.79 Å². The van der Waals surface area contributed by atoms with Gasteiger partial charge in [0.15, 0.2) is 0 Å². The van der Waals surface area contributed by atoms with E-state index in [9.17, 15) is 4.79 Å². The van der Waals surface area contributed by atoms with Crippen LogP contribution in [-0.2, 0) is 6.42 Å². The molecule has 0 bridgehead atoms. The summed E-state index contributed by atoms with van der Waals surface area (Å²) >= 11 is 6.23. The topological polar surface area (TPSA) is 86.5 Å². The average Bonchev–Trinajstić information content (AvgIpc) is 3.04. The second kappa shape index (κ2) is 5.98. The number of aromatic amines is 2. The number of aromatic nitrogens is 4. The van der Waals surface area contributed by atoms with Crippen molar-refractivity contribution in [2.45, 2.75) is 6.42 Å². The molecule has 7 heteroatoms. The highest BCUT2D eigenvalue weighted by Crippen LogP contribution is 2.24. The summed E-state index contributed by atoms with van der Waals surface area (Å²) in [6.07, 6.45) is 2.37. The third-order valence-corrected chi connectivity index (χ3v) is 4.12. The van der Waals surface area contributed by atoms with E-state index in [0.29, 0.717) is 40.5 Å². The molecule has 6 nitrogen and oxygen atoms in total. The van der Waals surface area contributed by atoms with Gasteiger partial charge in [-0.05, 0) is 24.3 Å². The maximum atomic E-state index is 12.0. The van der Waals surface area contributed by atoms with Gasteiger partial charge in [0.2, 0.25) is 0 Å². The second-order valence-corrected chi connectivity index (χ2v) is 5.84. The van der Waals surface area contributed by atoms with Crippen LogP contribution >= 0.6 is 11.6 Å². The number of rotatable bonds is 4. The number of benzene rings is 1. The Morgan fingerprint density at radius 2 is 2.00 bits per heavy atom. The van der Waals surface area contributed by atoms with Crippen LogP contribution in [0.5, 0.6) is 0 Å². The summed E-state index contributed by atoms with van der Waals surface area (Å²) in [5.41, 5.74) is 1.32. The number of fused-ring (bicyclic) bond motifs is 2. The van der Waals surface area contributed by atoms with Crippen LogP contribution in [-0.4, -0.2) is 26.5 Å². The highest BCUT2D eigenvalue weighted by Gasteiger charge is 2.06. The molecule has 24 heavy (non-hydrogen) atoms. The Morgan fingerprint density at radius 1 is 1.12 bits per heavy atom. The second-order valence-electron chi connectivity index (χ2n) is 5.44. The molecule has 0 saturated heterocycles. The summed E-state index contributed by atoms with van der Waals surface area (Å²) in [4.78, 5) is 26.8. The van der Waals surface area contributed by atoms with Gasteiger partial charge in [-0.25, -0.2) is 9.97 Å². The first-order chi connectivity index (χ1) is 11.7. The zero-order valence-corrected chi connectivity index (χ0v) is 13.4. The zero-order valence-electron chi connectivity index (χ0n) is 12.6. The van der Waals surface area contributed by atoms with Crippen LogP contribution in [0.25, 0.3) is 21.9 Å². The number of H-pyrrole nitrogens is 2. The largest absolute Gasteiger partial charge is 0.370 e. The SMILES string of the molecule is O=c1[nH]c(CCNc2cc(Cl)c3cc[nH]c3n2)nc2ccccc12. The molecule has 0 amide bonds. The van der Waals surface area contributed by atoms with Crippen molar-refractivity contribution < 1.29 is 0 Å². The third-order valence-electron chi connectivity index (χ3n) is 3.81. The van der Waals surface area contributed by atoms with Crippen LogP contribution in [0.3, 0.4) is 0 Å². The standard InChI is InChI=1S/C17H14ClN5O/c18-12-9-15(22-16-10(12)5-7-20-16)19-8-6-14-21-13-4-2-1-3-11(13)17(24)23-14/h1-5,7,9H,6,8H2,(H2,19,20,22)(H,21,23,24). The lowest BCUT2D eigenvalue weighted by molar-refractivity contribution is 0.894. The molecule has 1 aromatic carbocycles. The van der Waals surface area contributed by atoms with Crippen molar-refractivity contribution in [3.63, 3.8) is 0 Å². The Labute approximate surface area is 141 Å². The number of anilines is 1. The molecule has 4 rings (SSSR count). The number of hydrogen-bond acceptors (Lipinski definition) is 4. The minimum atomic E-state index is -0.121. The molecule has 0 atom stereocenters. The maximum Gasteiger partial charge on any atom is 0.258 e. The fraction of sp³-hybridized carbons (Fsp3) is 0.118. The van der Waals surface area contributed by atoms with E-state index in [0.717, 1.165) is 11.0 Å². The molecule has 3 heterocycles. The Hall–Kier alpha value is -2.86. The number of nitrogens with zero attached hydrogens (tertiary/aromatic N) is 2. The Kier molecular flexibility index (Phi) is 3.66. The molecular weight excluding hydrogens is 326 g/mol. The normalized spacial score (nSPS) is 11.2. The molecule has 0 aliphatic rings. The van der Waals surface area contributed by atoms with Crippen molar-refractivity contribution >= 4 is 39.4 Å². The van der Waals surface area contributed by atoms with Crippen molar-refractivity contribution in [1.82, 2.24) is 19.9 Å². The molecule has 3 N–H and O–H groups in total. The van der Waals surface area contributed by atoms with Gasteiger partial charge in [-0.2, -0.15) is 0 Å². The fourth-order valence-electron chi connectivity index (χ4n) is 2.65. The predicted octanol–water partition coefficient (Wildman–Crippen LogP) is 3.11. The number of hydrogen-bond donors (Lipinski definition) is 3. The lowest BCUT2D eigenvalue weighted by atomic mass is 10.2. The summed E-state index contributed by atoms with van der Waals surface area (Å²) in [7, 11) is 0. The molecule has 4 aromatic rings. The Balaban J connectivity index is 1.51. The minimum absolute atomic E-state index is 0.121. The van der Waals surface area contributed by atoms with Crippen LogP contribution in [0.2, 0.25) is 5.02 Å². The van der Waals surface area contributed by atoms with Crippen molar-refractivity contribution in [2.24, 2.45) is 0 Å². The maximum absolute atomic E-state index is 12.0. The van der Waals surface area contributed by atoms with E-state index in [1.165, 1.54) is 0 Å². The monoisotopic (exact) mass is 339 g/mol. The highest BCUT2D eigenvalue weighted by atomic mass is 35.5. The number of nitrogens with one attached hydrogen (secondary N) is 3. The number of para-hydroxylation sites is 1. The van der Waals surface area contributed by atoms with Gasteiger partial charge in [0.25, 0.3) is 5.56 Å². The molecule has 0 saturated carbocycles. The average molecular weight is 340 g/mol. The minimum Gasteiger partial charge on any atom is -0.370 e. The highest BCUT2D eigenvalue weighted by molar-refractivity contribution is 6.35. The first-order valence-electron chi connectivity index (χ1n) is 7.56. The molecule has 0 unspecified atom stereocenters. The Bertz CT molecular complexity index is 1090. The van der Waals surface area contributed by atoms with Crippen molar-refractivity contribution in [1.29, 1.82) is 0 Å². The van der Waals surface area contributed by atoms with E-state index in [1.807, 2.05) is 24.3 Å². The molecule has 3 aromatic heterocycles. The Morgan fingerprint density at radius 3 is 2.92 bits per heavy atom. The zero-order chi connectivity index (χ0) is 16.5. The number of halogens is 1. The summed E-state index contributed by atoms with van der Waals surface area (Å²) in [6, 6.07) is 11.0. The summed E-state index contributed by atoms with van der Waals surface area (Å²) in [6.45, 7) is 0.580. The third kappa shape index (κ3) is 2.72. The molecule has 0 fully saturated rings. The quantitative estimate of drug-likeness (QED) is 0.533. The van der Waals surface area contributed by atoms with Gasteiger partial charge < -0.3 is 15.3 Å². The predicted molar refractivity (Wildman–Crippen MR) is 95.7 cm³/mol. The van der Waals surface area contributed by atoms with Gasteiger partial charge in [-0.1, -0.05) is 23.7 Å². The fourth-order valence-corrected chi connectivity index (χ4v) is 2.91. The van der Waals surface area contributed by atoms with E-state index in [1.54, 1.807) is 18.3 Å². The van der Waals surface area contributed by atoms with Crippen LogP contribution in [0.1, 0.15) is 5.82 Å². The van der Waals surface area contributed by atoms with Crippen molar-refractivity contribution in [3.05, 3.63) is 63.8 Å². The van der Waals surface area contributed by atoms with Crippen LogP contribution in [0.4, 0.5) is 5.82 Å². The first-order valence-corrected chi connectivity index (χ1v) is 7.94. The van der Waals surface area contributed by atoms with E-state index in [-0.39, 0.29) is 5.56 Å². The van der Waals surface area contributed by atoms with E-state index in [4.69, 9.17) is 11.6 Å². The molecule has 0 spiro atoms. The van der Waals surface area contributed by atoms with Gasteiger partial charge in [0, 0.05) is 24.5 Å². The lowest BCUT2D eigenvalue weighted by Crippen LogP contribution is -2.15. The number of pyridine rings is 1. The summed E-state index contributed by atoms with van der Waals surface area (Å²) < 4.78 is 0. The molecule has 0 aliphatic heterocycles. The van der Waals surface area contributed by atoms with Gasteiger partial charge in [0.05, 0.1) is 15.9 Å².